The number of ether oxygens (including phenoxy) is 2. The van der Waals surface area contributed by atoms with Crippen LogP contribution < -0.4 is 0 Å². The van der Waals surface area contributed by atoms with Gasteiger partial charge in [0.1, 0.15) is 0 Å². The molecule has 7 heavy (non-hydrogen) atoms. The molecular formula is C2HF3O2. The third-order valence-electron chi connectivity index (χ3n) is 0.460. The lowest BCUT2D eigenvalue weighted by Gasteiger charge is -2.27. The van der Waals surface area contributed by atoms with E-state index in [1.165, 1.54) is 0 Å². The highest BCUT2D eigenvalue weighted by atomic mass is 19.3. The molecule has 1 heterocycles. The molecule has 1 aliphatic rings. The van der Waals surface area contributed by atoms with Crippen molar-refractivity contribution in [3.05, 3.63) is 0 Å². The van der Waals surface area contributed by atoms with E-state index in [1.54, 1.807) is 0 Å². The summed E-state index contributed by atoms with van der Waals surface area (Å²) in [4.78, 5) is 0. The summed E-state index contributed by atoms with van der Waals surface area (Å²) in [5.74, 6) is 0. The molecule has 1 rings (SSSR count). The third kappa shape index (κ3) is 0.834. The highest BCUT2D eigenvalue weighted by Crippen LogP contribution is 2.31. The highest BCUT2D eigenvalue weighted by Gasteiger charge is 2.49. The molecule has 0 aromatic heterocycles. The quantitative estimate of drug-likeness (QED) is 0.464. The molecule has 0 saturated carbocycles. The molecule has 0 amide bonds. The first-order valence-corrected chi connectivity index (χ1v) is 1.48. The SMILES string of the molecule is FC1OC(F)(F)O1. The molecule has 1 aliphatic heterocycles. The third-order valence-corrected chi connectivity index (χ3v) is 0.460. The van der Waals surface area contributed by atoms with Gasteiger partial charge in [-0.3, -0.25) is 0 Å². The van der Waals surface area contributed by atoms with E-state index < -0.39 is 12.8 Å². The van der Waals surface area contributed by atoms with Crippen molar-refractivity contribution in [2.45, 2.75) is 12.8 Å². The molecule has 42 valence electrons. The van der Waals surface area contributed by atoms with E-state index in [2.05, 4.69) is 9.47 Å². The Bertz CT molecular complexity index is 75.0. The van der Waals surface area contributed by atoms with Crippen molar-refractivity contribution < 1.29 is 22.6 Å². The van der Waals surface area contributed by atoms with Crippen LogP contribution in [0.3, 0.4) is 0 Å². The second-order valence-corrected chi connectivity index (χ2v) is 0.973. The van der Waals surface area contributed by atoms with E-state index in [1.807, 2.05) is 0 Å². The summed E-state index contributed by atoms with van der Waals surface area (Å²) in [6.07, 6.45) is -3.68. The molecule has 1 saturated heterocycles. The normalized spacial score (nSPS) is 29.6. The van der Waals surface area contributed by atoms with Crippen LogP contribution >= 0.6 is 0 Å². The highest BCUT2D eigenvalue weighted by molar-refractivity contribution is 4.41. The Hall–Kier alpha value is -0.290. The Labute approximate surface area is 36.8 Å². The van der Waals surface area contributed by atoms with Crippen LogP contribution in [0.15, 0.2) is 0 Å². The Morgan fingerprint density at radius 2 is 1.71 bits per heavy atom. The maximum atomic E-state index is 11.1. The first kappa shape index (κ1) is 4.86. The molecule has 2 nitrogen and oxygen atoms in total. The summed E-state index contributed by atoms with van der Waals surface area (Å²) < 4.78 is 39.5. The number of hydrogen-bond acceptors (Lipinski definition) is 2. The van der Waals surface area contributed by atoms with E-state index in [0.717, 1.165) is 0 Å². The molecule has 0 N–H and O–H groups in total. The predicted octanol–water partition coefficient (Wildman–Crippen LogP) is 0.837. The van der Waals surface area contributed by atoms with Crippen LogP contribution in [0.4, 0.5) is 13.2 Å². The zero-order chi connectivity index (χ0) is 5.49. The van der Waals surface area contributed by atoms with Crippen molar-refractivity contribution in [2.24, 2.45) is 0 Å². The van der Waals surface area contributed by atoms with Gasteiger partial charge in [0.15, 0.2) is 0 Å². The van der Waals surface area contributed by atoms with Crippen LogP contribution in [0.25, 0.3) is 0 Å². The van der Waals surface area contributed by atoms with E-state index >= 15 is 0 Å². The maximum absolute atomic E-state index is 11.1. The van der Waals surface area contributed by atoms with Gasteiger partial charge >= 0.3 is 12.8 Å². The van der Waals surface area contributed by atoms with Crippen molar-refractivity contribution in [3.8, 4) is 0 Å². The average molecular weight is 114 g/mol. The van der Waals surface area contributed by atoms with Gasteiger partial charge in [0.25, 0.3) is 0 Å². The second-order valence-electron chi connectivity index (χ2n) is 0.973. The summed E-state index contributed by atoms with van der Waals surface area (Å²) in [6, 6.07) is 0. The van der Waals surface area contributed by atoms with Crippen LogP contribution in [0.2, 0.25) is 0 Å². The summed E-state index contributed by atoms with van der Waals surface area (Å²) in [5, 5.41) is 0. The lowest BCUT2D eigenvalue weighted by Crippen LogP contribution is -2.44. The number of alkyl halides is 3. The molecule has 0 unspecified atom stereocenters. The van der Waals surface area contributed by atoms with E-state index in [4.69, 9.17) is 0 Å². The molecule has 0 spiro atoms. The summed E-state index contributed by atoms with van der Waals surface area (Å²) in [6.45, 7) is -2.24. The molecule has 0 radical (unpaired) electrons. The van der Waals surface area contributed by atoms with Crippen LogP contribution in [-0.4, -0.2) is 12.8 Å². The summed E-state index contributed by atoms with van der Waals surface area (Å²) >= 11 is 0. The largest absolute Gasteiger partial charge is 0.494 e. The van der Waals surface area contributed by atoms with Gasteiger partial charge in [-0.05, 0) is 0 Å². The van der Waals surface area contributed by atoms with Gasteiger partial charge in [-0.1, -0.05) is 0 Å². The first-order chi connectivity index (χ1) is 3.10. The van der Waals surface area contributed by atoms with Crippen molar-refractivity contribution >= 4 is 0 Å². The van der Waals surface area contributed by atoms with Crippen molar-refractivity contribution in [1.29, 1.82) is 0 Å². The molecule has 0 aromatic rings. The zero-order valence-corrected chi connectivity index (χ0v) is 3.03. The van der Waals surface area contributed by atoms with Gasteiger partial charge < -0.3 is 0 Å². The monoisotopic (exact) mass is 114 g/mol. The molecule has 0 atom stereocenters. The van der Waals surface area contributed by atoms with E-state index in [-0.39, 0.29) is 0 Å². The fraction of sp³-hybridized carbons (Fsp3) is 1.00. The van der Waals surface area contributed by atoms with Gasteiger partial charge in [-0.25, -0.2) is 9.47 Å². The predicted molar refractivity (Wildman–Crippen MR) is 12.0 cm³/mol. The molecule has 5 heteroatoms. The molecule has 0 aliphatic carbocycles. The van der Waals surface area contributed by atoms with Crippen LogP contribution in [0.5, 0.6) is 0 Å². The molecule has 0 aromatic carbocycles. The number of hydrogen-bond donors (Lipinski definition) is 0. The van der Waals surface area contributed by atoms with Gasteiger partial charge in [0.05, 0.1) is 0 Å². The van der Waals surface area contributed by atoms with Crippen LogP contribution in [-0.2, 0) is 9.47 Å². The minimum Gasteiger partial charge on any atom is -0.236 e. The summed E-state index contributed by atoms with van der Waals surface area (Å²) in [7, 11) is 0. The van der Waals surface area contributed by atoms with Gasteiger partial charge in [0.2, 0.25) is 0 Å². The second kappa shape index (κ2) is 1.10. The maximum Gasteiger partial charge on any atom is 0.494 e. The Balaban J connectivity index is 2.29. The van der Waals surface area contributed by atoms with Crippen LogP contribution in [0.1, 0.15) is 0 Å². The minimum atomic E-state index is -3.68. The standard InChI is InChI=1S/C2HF3O2/c3-1-6-2(4,5)7-1/h1H. The Morgan fingerprint density at radius 3 is 1.71 bits per heavy atom. The first-order valence-electron chi connectivity index (χ1n) is 1.48. The Morgan fingerprint density at radius 1 is 1.29 bits per heavy atom. The fourth-order valence-electron chi connectivity index (χ4n) is 0.225. The van der Waals surface area contributed by atoms with E-state index in [0.29, 0.717) is 0 Å². The van der Waals surface area contributed by atoms with E-state index in [9.17, 15) is 13.2 Å². The number of rotatable bonds is 0. The minimum absolute atomic E-state index is 2.24. The number of halogens is 3. The van der Waals surface area contributed by atoms with Crippen LogP contribution in [0, 0.1) is 0 Å². The lowest BCUT2D eigenvalue weighted by molar-refractivity contribution is -0.583. The summed E-state index contributed by atoms with van der Waals surface area (Å²) in [5.41, 5.74) is 0. The zero-order valence-electron chi connectivity index (χ0n) is 3.03. The lowest BCUT2D eigenvalue weighted by atomic mass is 11.0. The molecule has 1 fully saturated rings. The molecule has 0 bridgehead atoms. The van der Waals surface area contributed by atoms with Crippen molar-refractivity contribution in [1.82, 2.24) is 0 Å². The van der Waals surface area contributed by atoms with Gasteiger partial charge in [0, 0.05) is 0 Å². The average Bonchev–Trinajstić information content (AvgIpc) is 1.27. The molecular weight excluding hydrogens is 113 g/mol. The van der Waals surface area contributed by atoms with Crippen molar-refractivity contribution in [3.63, 3.8) is 0 Å². The van der Waals surface area contributed by atoms with Gasteiger partial charge in [-0.2, -0.15) is 4.39 Å². The van der Waals surface area contributed by atoms with Gasteiger partial charge in [-0.15, -0.1) is 8.78 Å². The topological polar surface area (TPSA) is 18.5 Å². The van der Waals surface area contributed by atoms with Crippen molar-refractivity contribution in [2.75, 3.05) is 0 Å². The smallest absolute Gasteiger partial charge is 0.236 e. The fourth-order valence-corrected chi connectivity index (χ4v) is 0.225. The Kier molecular flexibility index (Phi) is 0.767.